The molecule has 0 bridgehead atoms. The number of piperazine rings is 1. The first kappa shape index (κ1) is 10.3. The lowest BCUT2D eigenvalue weighted by Crippen LogP contribution is -2.43. The Balaban J connectivity index is 1.83. The molecule has 16 heavy (non-hydrogen) atoms. The van der Waals surface area contributed by atoms with Crippen LogP contribution < -0.4 is 5.32 Å². The highest BCUT2D eigenvalue weighted by atomic mass is 15.2. The molecular formula is C14H20N2. The molecule has 1 aliphatic heterocycles. The smallest absolute Gasteiger partial charge is 0.0470 e. The average molecular weight is 216 g/mol. The van der Waals surface area contributed by atoms with E-state index in [2.05, 4.69) is 41.5 Å². The first-order valence-electron chi connectivity index (χ1n) is 6.35. The van der Waals surface area contributed by atoms with E-state index in [1.165, 1.54) is 18.4 Å². The fraction of sp³-hybridized carbons (Fsp3) is 0.571. The topological polar surface area (TPSA) is 15.3 Å². The second-order valence-electron chi connectivity index (χ2n) is 5.14. The predicted octanol–water partition coefficient (Wildman–Crippen LogP) is 2.14. The third-order valence-electron chi connectivity index (χ3n) is 3.86. The molecule has 0 amide bonds. The summed E-state index contributed by atoms with van der Waals surface area (Å²) in [6.45, 7) is 3.36. The van der Waals surface area contributed by atoms with Crippen LogP contribution in [0.1, 0.15) is 35.9 Å². The van der Waals surface area contributed by atoms with Crippen LogP contribution in [0, 0.1) is 0 Å². The molecule has 1 unspecified atom stereocenters. The van der Waals surface area contributed by atoms with Gasteiger partial charge >= 0.3 is 0 Å². The number of nitrogens with one attached hydrogen (secondary N) is 1. The Kier molecular flexibility index (Phi) is 2.70. The molecule has 1 saturated heterocycles. The molecule has 2 aliphatic rings. The van der Waals surface area contributed by atoms with Crippen LogP contribution in [-0.2, 0) is 0 Å². The molecule has 1 saturated carbocycles. The molecule has 1 aliphatic carbocycles. The first-order valence-corrected chi connectivity index (χ1v) is 6.35. The van der Waals surface area contributed by atoms with Crippen LogP contribution >= 0.6 is 0 Å². The fourth-order valence-corrected chi connectivity index (χ4v) is 2.62. The lowest BCUT2D eigenvalue weighted by molar-refractivity contribution is 0.202. The van der Waals surface area contributed by atoms with Gasteiger partial charge in [0.25, 0.3) is 0 Å². The van der Waals surface area contributed by atoms with Crippen molar-refractivity contribution in [1.82, 2.24) is 10.2 Å². The molecule has 86 valence electrons. The molecule has 2 heteroatoms. The third kappa shape index (κ3) is 2.00. The molecular weight excluding hydrogens is 196 g/mol. The molecule has 0 aromatic heterocycles. The van der Waals surface area contributed by atoms with Crippen molar-refractivity contribution < 1.29 is 0 Å². The van der Waals surface area contributed by atoms with Crippen LogP contribution in [0.5, 0.6) is 0 Å². The quantitative estimate of drug-likeness (QED) is 0.815. The average Bonchev–Trinajstić information content (AvgIpc) is 3.14. The van der Waals surface area contributed by atoms with E-state index in [9.17, 15) is 0 Å². The van der Waals surface area contributed by atoms with Crippen molar-refractivity contribution in [3.63, 3.8) is 0 Å². The van der Waals surface area contributed by atoms with Crippen LogP contribution in [0.3, 0.4) is 0 Å². The molecule has 1 aromatic rings. The monoisotopic (exact) mass is 216 g/mol. The number of benzene rings is 1. The standard InChI is InChI=1S/C14H20N2/c1-16-8-7-15-10-14(16)13-4-2-3-12(9-13)11-5-6-11/h2-4,9,11,14-15H,5-8,10H2,1H3. The Morgan fingerprint density at radius 3 is 2.81 bits per heavy atom. The minimum absolute atomic E-state index is 0.562. The fourth-order valence-electron chi connectivity index (χ4n) is 2.62. The van der Waals surface area contributed by atoms with Gasteiger partial charge in [0.2, 0.25) is 0 Å². The Hall–Kier alpha value is -0.860. The maximum Gasteiger partial charge on any atom is 0.0470 e. The van der Waals surface area contributed by atoms with Crippen molar-refractivity contribution in [1.29, 1.82) is 0 Å². The SMILES string of the molecule is CN1CCNCC1c1cccc(C2CC2)c1. The van der Waals surface area contributed by atoms with Crippen LogP contribution in [0.25, 0.3) is 0 Å². The van der Waals surface area contributed by atoms with Gasteiger partial charge in [0.1, 0.15) is 0 Å². The predicted molar refractivity (Wildman–Crippen MR) is 66.7 cm³/mol. The van der Waals surface area contributed by atoms with E-state index in [1.54, 1.807) is 5.56 Å². The Morgan fingerprint density at radius 1 is 1.25 bits per heavy atom. The molecule has 2 nitrogen and oxygen atoms in total. The van der Waals surface area contributed by atoms with Crippen molar-refractivity contribution in [2.24, 2.45) is 0 Å². The van der Waals surface area contributed by atoms with Crippen molar-refractivity contribution in [3.05, 3.63) is 35.4 Å². The molecule has 1 N–H and O–H groups in total. The molecule has 0 spiro atoms. The lowest BCUT2D eigenvalue weighted by Gasteiger charge is -2.33. The third-order valence-corrected chi connectivity index (χ3v) is 3.86. The zero-order valence-corrected chi connectivity index (χ0v) is 9.95. The Morgan fingerprint density at radius 2 is 2.06 bits per heavy atom. The van der Waals surface area contributed by atoms with Gasteiger partial charge < -0.3 is 5.32 Å². The van der Waals surface area contributed by atoms with E-state index in [0.29, 0.717) is 6.04 Å². The Labute approximate surface area is 97.6 Å². The number of hydrogen-bond acceptors (Lipinski definition) is 2. The van der Waals surface area contributed by atoms with Crippen molar-refractivity contribution in [2.75, 3.05) is 26.7 Å². The Bertz CT molecular complexity index is 371. The van der Waals surface area contributed by atoms with Gasteiger partial charge in [-0.2, -0.15) is 0 Å². The van der Waals surface area contributed by atoms with Gasteiger partial charge in [0, 0.05) is 25.7 Å². The van der Waals surface area contributed by atoms with E-state index >= 15 is 0 Å². The van der Waals surface area contributed by atoms with Crippen LogP contribution in [0.2, 0.25) is 0 Å². The number of nitrogens with zero attached hydrogens (tertiary/aromatic N) is 1. The highest BCUT2D eigenvalue weighted by Gasteiger charge is 2.25. The van der Waals surface area contributed by atoms with Crippen LogP contribution in [0.4, 0.5) is 0 Å². The minimum atomic E-state index is 0.562. The number of likely N-dealkylation sites (N-methyl/N-ethyl adjacent to an activating group) is 1. The summed E-state index contributed by atoms with van der Waals surface area (Å²) in [7, 11) is 2.23. The molecule has 1 aromatic carbocycles. The summed E-state index contributed by atoms with van der Waals surface area (Å²) >= 11 is 0. The van der Waals surface area contributed by atoms with Gasteiger partial charge in [-0.3, -0.25) is 4.90 Å². The highest BCUT2D eigenvalue weighted by Crippen LogP contribution is 2.40. The molecule has 2 fully saturated rings. The van der Waals surface area contributed by atoms with Gasteiger partial charge in [0.15, 0.2) is 0 Å². The zero-order chi connectivity index (χ0) is 11.0. The summed E-state index contributed by atoms with van der Waals surface area (Å²) < 4.78 is 0. The summed E-state index contributed by atoms with van der Waals surface area (Å²) in [6, 6.07) is 9.78. The number of rotatable bonds is 2. The summed E-state index contributed by atoms with van der Waals surface area (Å²) in [6.07, 6.45) is 2.78. The van der Waals surface area contributed by atoms with Crippen LogP contribution in [-0.4, -0.2) is 31.6 Å². The van der Waals surface area contributed by atoms with Crippen LogP contribution in [0.15, 0.2) is 24.3 Å². The van der Waals surface area contributed by atoms with Gasteiger partial charge in [-0.05, 0) is 36.9 Å². The highest BCUT2D eigenvalue weighted by molar-refractivity contribution is 5.31. The molecule has 0 radical (unpaired) electrons. The van der Waals surface area contributed by atoms with E-state index < -0.39 is 0 Å². The summed E-state index contributed by atoms with van der Waals surface area (Å²) in [4.78, 5) is 2.46. The lowest BCUT2D eigenvalue weighted by atomic mass is 10.00. The van der Waals surface area contributed by atoms with E-state index in [0.717, 1.165) is 25.6 Å². The molecule has 1 atom stereocenters. The summed E-state index contributed by atoms with van der Waals surface area (Å²) in [5.41, 5.74) is 3.04. The van der Waals surface area contributed by atoms with Gasteiger partial charge in [-0.1, -0.05) is 24.3 Å². The van der Waals surface area contributed by atoms with E-state index in [-0.39, 0.29) is 0 Å². The first-order chi connectivity index (χ1) is 7.84. The van der Waals surface area contributed by atoms with Gasteiger partial charge in [-0.15, -0.1) is 0 Å². The zero-order valence-electron chi connectivity index (χ0n) is 9.95. The molecule has 3 rings (SSSR count). The molecule has 1 heterocycles. The summed E-state index contributed by atoms with van der Waals surface area (Å²) in [5, 5.41) is 3.49. The normalized spacial score (nSPS) is 26.9. The van der Waals surface area contributed by atoms with Crippen molar-refractivity contribution >= 4 is 0 Å². The largest absolute Gasteiger partial charge is 0.314 e. The minimum Gasteiger partial charge on any atom is -0.314 e. The maximum atomic E-state index is 3.49. The van der Waals surface area contributed by atoms with E-state index in [4.69, 9.17) is 0 Å². The second kappa shape index (κ2) is 4.19. The van der Waals surface area contributed by atoms with Crippen molar-refractivity contribution in [2.45, 2.75) is 24.8 Å². The van der Waals surface area contributed by atoms with Gasteiger partial charge in [0.05, 0.1) is 0 Å². The summed E-state index contributed by atoms with van der Waals surface area (Å²) in [5.74, 6) is 0.863. The van der Waals surface area contributed by atoms with E-state index in [1.807, 2.05) is 0 Å². The maximum absolute atomic E-state index is 3.49. The van der Waals surface area contributed by atoms with Gasteiger partial charge in [-0.25, -0.2) is 0 Å². The van der Waals surface area contributed by atoms with Crippen molar-refractivity contribution in [3.8, 4) is 0 Å². The second-order valence-corrected chi connectivity index (χ2v) is 5.14. The number of hydrogen-bond donors (Lipinski definition) is 1.